The molecule has 0 heterocycles. The van der Waals surface area contributed by atoms with Crippen LogP contribution in [0, 0.1) is 0 Å². The van der Waals surface area contributed by atoms with Gasteiger partial charge < -0.3 is 10.5 Å². The Morgan fingerprint density at radius 3 is 2.00 bits per heavy atom. The lowest BCUT2D eigenvalue weighted by Gasteiger charge is -2.20. The van der Waals surface area contributed by atoms with E-state index in [1.807, 2.05) is 0 Å². The molecule has 2 atom stereocenters. The number of ether oxygens (including phenoxy) is 1. The molecule has 16 heavy (non-hydrogen) atoms. The Labute approximate surface area is 102 Å². The summed E-state index contributed by atoms with van der Waals surface area (Å²) in [7, 11) is 1.76. The number of hydrogen-bond donors (Lipinski definition) is 1. The predicted molar refractivity (Wildman–Crippen MR) is 71.7 cm³/mol. The molecule has 2 N–H and O–H groups in total. The zero-order valence-electron chi connectivity index (χ0n) is 11.5. The summed E-state index contributed by atoms with van der Waals surface area (Å²) in [6.07, 6.45) is 11.9. The third-order valence-corrected chi connectivity index (χ3v) is 3.32. The van der Waals surface area contributed by atoms with Crippen molar-refractivity contribution < 1.29 is 4.74 Å². The van der Waals surface area contributed by atoms with E-state index in [1.165, 1.54) is 44.9 Å². The molecule has 0 rings (SSSR count). The van der Waals surface area contributed by atoms with Crippen LogP contribution in [0.1, 0.15) is 71.6 Å². The lowest BCUT2D eigenvalue weighted by Crippen LogP contribution is -2.35. The van der Waals surface area contributed by atoms with E-state index in [1.54, 1.807) is 7.11 Å². The van der Waals surface area contributed by atoms with Gasteiger partial charge in [-0.2, -0.15) is 0 Å². The molecule has 2 nitrogen and oxygen atoms in total. The first-order valence-electron chi connectivity index (χ1n) is 7.04. The van der Waals surface area contributed by atoms with Crippen molar-refractivity contribution in [1.29, 1.82) is 0 Å². The molecule has 0 aromatic heterocycles. The highest BCUT2D eigenvalue weighted by atomic mass is 16.5. The molecule has 0 fully saturated rings. The maximum absolute atomic E-state index is 6.08. The van der Waals surface area contributed by atoms with Gasteiger partial charge in [0.2, 0.25) is 0 Å². The van der Waals surface area contributed by atoms with E-state index in [0.717, 1.165) is 12.8 Å². The summed E-state index contributed by atoms with van der Waals surface area (Å²) in [6.45, 7) is 4.40. The van der Waals surface area contributed by atoms with E-state index in [-0.39, 0.29) is 12.1 Å². The Morgan fingerprint density at radius 1 is 0.938 bits per heavy atom. The van der Waals surface area contributed by atoms with Crippen molar-refractivity contribution in [3.8, 4) is 0 Å². The van der Waals surface area contributed by atoms with E-state index in [4.69, 9.17) is 10.5 Å². The third kappa shape index (κ3) is 8.12. The maximum atomic E-state index is 6.08. The largest absolute Gasteiger partial charge is 0.380 e. The monoisotopic (exact) mass is 229 g/mol. The summed E-state index contributed by atoms with van der Waals surface area (Å²) in [5.41, 5.74) is 6.08. The average Bonchev–Trinajstić information content (AvgIpc) is 2.29. The summed E-state index contributed by atoms with van der Waals surface area (Å²) in [6, 6.07) is 0.227. The van der Waals surface area contributed by atoms with Gasteiger partial charge in [-0.1, -0.05) is 58.8 Å². The maximum Gasteiger partial charge on any atom is 0.0719 e. The van der Waals surface area contributed by atoms with E-state index in [9.17, 15) is 0 Å². The van der Waals surface area contributed by atoms with Crippen LogP contribution in [-0.2, 0) is 4.74 Å². The minimum atomic E-state index is 0.227. The Kier molecular flexibility index (Phi) is 11.3. The molecular weight excluding hydrogens is 198 g/mol. The van der Waals surface area contributed by atoms with E-state index >= 15 is 0 Å². The molecule has 0 spiro atoms. The second kappa shape index (κ2) is 11.4. The molecule has 0 radical (unpaired) electrons. The molecule has 0 bridgehead atoms. The number of rotatable bonds is 11. The molecule has 0 aliphatic heterocycles. The van der Waals surface area contributed by atoms with Crippen LogP contribution in [0.4, 0.5) is 0 Å². The van der Waals surface area contributed by atoms with Gasteiger partial charge in [0, 0.05) is 13.2 Å². The lowest BCUT2D eigenvalue weighted by molar-refractivity contribution is 0.0740. The van der Waals surface area contributed by atoms with Gasteiger partial charge in [-0.05, 0) is 12.8 Å². The van der Waals surface area contributed by atoms with Gasteiger partial charge in [0.1, 0.15) is 0 Å². The second-order valence-electron chi connectivity index (χ2n) is 4.76. The van der Waals surface area contributed by atoms with Crippen molar-refractivity contribution in [3.05, 3.63) is 0 Å². The van der Waals surface area contributed by atoms with Crippen molar-refractivity contribution in [3.63, 3.8) is 0 Å². The van der Waals surface area contributed by atoms with Gasteiger partial charge >= 0.3 is 0 Å². The fourth-order valence-electron chi connectivity index (χ4n) is 2.17. The van der Waals surface area contributed by atoms with E-state index < -0.39 is 0 Å². The standard InChI is InChI=1S/C14H31NO/c1-4-6-7-8-9-10-11-12-13(15)14(5-2)16-3/h13-14H,4-12,15H2,1-3H3. The van der Waals surface area contributed by atoms with Crippen LogP contribution in [0.3, 0.4) is 0 Å². The van der Waals surface area contributed by atoms with Gasteiger partial charge in [0.25, 0.3) is 0 Å². The first kappa shape index (κ1) is 15.9. The van der Waals surface area contributed by atoms with Crippen LogP contribution in [0.5, 0.6) is 0 Å². The van der Waals surface area contributed by atoms with Gasteiger partial charge in [-0.25, -0.2) is 0 Å². The second-order valence-corrected chi connectivity index (χ2v) is 4.76. The van der Waals surface area contributed by atoms with Gasteiger partial charge in [-0.3, -0.25) is 0 Å². The highest BCUT2D eigenvalue weighted by Gasteiger charge is 2.13. The Bertz CT molecular complexity index is 135. The highest BCUT2D eigenvalue weighted by Crippen LogP contribution is 2.12. The van der Waals surface area contributed by atoms with Crippen LogP contribution < -0.4 is 5.73 Å². The van der Waals surface area contributed by atoms with Crippen molar-refractivity contribution >= 4 is 0 Å². The van der Waals surface area contributed by atoms with Crippen LogP contribution in [-0.4, -0.2) is 19.3 Å². The van der Waals surface area contributed by atoms with Crippen molar-refractivity contribution in [2.45, 2.75) is 83.8 Å². The molecule has 0 saturated heterocycles. The highest BCUT2D eigenvalue weighted by molar-refractivity contribution is 4.71. The Hall–Kier alpha value is -0.0800. The molecule has 0 aromatic rings. The van der Waals surface area contributed by atoms with Crippen LogP contribution in [0.15, 0.2) is 0 Å². The first-order valence-corrected chi connectivity index (χ1v) is 7.04. The summed E-state index contributed by atoms with van der Waals surface area (Å²) in [4.78, 5) is 0. The van der Waals surface area contributed by atoms with E-state index in [2.05, 4.69) is 13.8 Å². The first-order chi connectivity index (χ1) is 7.76. The third-order valence-electron chi connectivity index (χ3n) is 3.32. The minimum Gasteiger partial charge on any atom is -0.380 e. The Morgan fingerprint density at radius 2 is 1.50 bits per heavy atom. The minimum absolute atomic E-state index is 0.227. The topological polar surface area (TPSA) is 35.2 Å². The zero-order chi connectivity index (χ0) is 12.2. The van der Waals surface area contributed by atoms with Gasteiger partial charge in [0.05, 0.1) is 6.10 Å². The zero-order valence-corrected chi connectivity index (χ0v) is 11.5. The molecule has 2 heteroatoms. The van der Waals surface area contributed by atoms with Crippen molar-refractivity contribution in [2.75, 3.05) is 7.11 Å². The van der Waals surface area contributed by atoms with Crippen LogP contribution in [0.25, 0.3) is 0 Å². The summed E-state index contributed by atoms with van der Waals surface area (Å²) < 4.78 is 5.35. The lowest BCUT2D eigenvalue weighted by atomic mass is 10.0. The molecule has 0 aliphatic rings. The molecule has 0 amide bonds. The van der Waals surface area contributed by atoms with Crippen LogP contribution in [0.2, 0.25) is 0 Å². The summed E-state index contributed by atoms with van der Waals surface area (Å²) in [5, 5.41) is 0. The quantitative estimate of drug-likeness (QED) is 0.546. The molecule has 98 valence electrons. The van der Waals surface area contributed by atoms with Crippen molar-refractivity contribution in [2.24, 2.45) is 5.73 Å². The SMILES string of the molecule is CCCCCCCCCC(N)C(CC)OC. The van der Waals surface area contributed by atoms with Gasteiger partial charge in [-0.15, -0.1) is 0 Å². The molecular formula is C14H31NO. The van der Waals surface area contributed by atoms with E-state index in [0.29, 0.717) is 0 Å². The number of hydrogen-bond acceptors (Lipinski definition) is 2. The normalized spacial score (nSPS) is 15.0. The van der Waals surface area contributed by atoms with Crippen molar-refractivity contribution in [1.82, 2.24) is 0 Å². The molecule has 0 saturated carbocycles. The molecule has 0 aliphatic carbocycles. The summed E-state index contributed by atoms with van der Waals surface area (Å²) >= 11 is 0. The molecule has 2 unspecified atom stereocenters. The number of methoxy groups -OCH3 is 1. The van der Waals surface area contributed by atoms with Crippen LogP contribution >= 0.6 is 0 Å². The average molecular weight is 229 g/mol. The predicted octanol–water partition coefficient (Wildman–Crippen LogP) is 3.88. The smallest absolute Gasteiger partial charge is 0.0719 e. The number of nitrogens with two attached hydrogens (primary N) is 1. The molecule has 0 aromatic carbocycles. The Balaban J connectivity index is 3.30. The fraction of sp³-hybridized carbons (Fsp3) is 1.00. The summed E-state index contributed by atoms with van der Waals surface area (Å²) in [5.74, 6) is 0. The fourth-order valence-corrected chi connectivity index (χ4v) is 2.17. The number of unbranched alkanes of at least 4 members (excludes halogenated alkanes) is 6. The van der Waals surface area contributed by atoms with Gasteiger partial charge in [0.15, 0.2) is 0 Å².